The third-order valence-corrected chi connectivity index (χ3v) is 3.69. The molecule has 5 nitrogen and oxygen atoms in total. The normalized spacial score (nSPS) is 14.7. The highest BCUT2D eigenvalue weighted by atomic mass is 19.1. The van der Waals surface area contributed by atoms with Gasteiger partial charge in [-0.1, -0.05) is 0 Å². The number of carboxylic acids is 1. The van der Waals surface area contributed by atoms with E-state index < -0.39 is 17.2 Å². The number of hydrogen-bond acceptors (Lipinski definition) is 3. The zero-order valence-corrected chi connectivity index (χ0v) is 10.8. The molecule has 1 aliphatic rings. The largest absolute Gasteiger partial charge is 0.477 e. The standard InChI is InChI=1S/C14H13FN2O3/c1-6-11-10(4-9(16)12(6)15)17(7-2-3-7)5-8(13(11)18)14(19)20/h4-5,7H,2-3,16H2,1H3,(H,19,20). The van der Waals surface area contributed by atoms with Crippen LogP contribution in [-0.4, -0.2) is 15.6 Å². The van der Waals surface area contributed by atoms with Crippen LogP contribution in [0.3, 0.4) is 0 Å². The molecule has 3 N–H and O–H groups in total. The van der Waals surface area contributed by atoms with E-state index in [1.807, 2.05) is 0 Å². The highest BCUT2D eigenvalue weighted by Crippen LogP contribution is 2.38. The third kappa shape index (κ3) is 1.68. The van der Waals surface area contributed by atoms with Gasteiger partial charge in [0.05, 0.1) is 16.6 Å². The number of fused-ring (bicyclic) bond motifs is 1. The van der Waals surface area contributed by atoms with Crippen LogP contribution in [0, 0.1) is 12.7 Å². The number of nitrogens with zero attached hydrogens (tertiary/aromatic N) is 1. The summed E-state index contributed by atoms with van der Waals surface area (Å²) >= 11 is 0. The van der Waals surface area contributed by atoms with Crippen molar-refractivity contribution in [3.8, 4) is 0 Å². The number of aromatic nitrogens is 1. The number of halogens is 1. The fourth-order valence-electron chi connectivity index (χ4n) is 2.50. The lowest BCUT2D eigenvalue weighted by Gasteiger charge is -2.14. The van der Waals surface area contributed by atoms with Crippen molar-refractivity contribution in [3.05, 3.63) is 39.4 Å². The number of rotatable bonds is 2. The van der Waals surface area contributed by atoms with Crippen molar-refractivity contribution < 1.29 is 14.3 Å². The van der Waals surface area contributed by atoms with Crippen molar-refractivity contribution in [1.29, 1.82) is 0 Å². The zero-order chi connectivity index (χ0) is 14.6. The molecule has 0 unspecified atom stereocenters. The molecule has 3 rings (SSSR count). The summed E-state index contributed by atoms with van der Waals surface area (Å²) in [7, 11) is 0. The molecular formula is C14H13FN2O3. The number of aryl methyl sites for hydroxylation is 1. The molecule has 0 aliphatic heterocycles. The average Bonchev–Trinajstić information content (AvgIpc) is 3.20. The summed E-state index contributed by atoms with van der Waals surface area (Å²) < 4.78 is 15.6. The maximum atomic E-state index is 13.9. The molecule has 1 aliphatic carbocycles. The summed E-state index contributed by atoms with van der Waals surface area (Å²) in [6.07, 6.45) is 3.15. The minimum atomic E-state index is -1.30. The molecule has 0 saturated heterocycles. The van der Waals surface area contributed by atoms with E-state index in [0.717, 1.165) is 12.8 Å². The predicted octanol–water partition coefficient (Wildman–Crippen LogP) is 2.06. The van der Waals surface area contributed by atoms with Crippen molar-refractivity contribution in [1.82, 2.24) is 4.57 Å². The van der Waals surface area contributed by atoms with Gasteiger partial charge in [0.2, 0.25) is 5.43 Å². The Hall–Kier alpha value is -2.37. The van der Waals surface area contributed by atoms with Crippen LogP contribution in [0.5, 0.6) is 0 Å². The maximum absolute atomic E-state index is 13.9. The first kappa shape index (κ1) is 12.7. The Bertz CT molecular complexity index is 806. The summed E-state index contributed by atoms with van der Waals surface area (Å²) in [6.45, 7) is 1.44. The number of pyridine rings is 1. The predicted molar refractivity (Wildman–Crippen MR) is 72.5 cm³/mol. The topological polar surface area (TPSA) is 85.3 Å². The van der Waals surface area contributed by atoms with Crippen LogP contribution in [0.2, 0.25) is 0 Å². The lowest BCUT2D eigenvalue weighted by Crippen LogP contribution is -2.20. The smallest absolute Gasteiger partial charge is 0.341 e. The van der Waals surface area contributed by atoms with Gasteiger partial charge in [-0.3, -0.25) is 4.79 Å². The lowest BCUT2D eigenvalue weighted by atomic mass is 10.0. The first-order chi connectivity index (χ1) is 9.41. The van der Waals surface area contributed by atoms with E-state index in [1.54, 1.807) is 4.57 Å². The van der Waals surface area contributed by atoms with Crippen molar-refractivity contribution in [2.45, 2.75) is 25.8 Å². The maximum Gasteiger partial charge on any atom is 0.341 e. The van der Waals surface area contributed by atoms with Crippen molar-refractivity contribution >= 4 is 22.6 Å². The van der Waals surface area contributed by atoms with E-state index in [2.05, 4.69) is 0 Å². The second-order valence-electron chi connectivity index (χ2n) is 5.11. The number of hydrogen-bond donors (Lipinski definition) is 2. The van der Waals surface area contributed by atoms with Gasteiger partial charge in [0, 0.05) is 17.8 Å². The molecule has 0 radical (unpaired) electrons. The molecule has 0 amide bonds. The molecule has 6 heteroatoms. The molecule has 1 aromatic carbocycles. The van der Waals surface area contributed by atoms with Crippen molar-refractivity contribution in [3.63, 3.8) is 0 Å². The Labute approximate surface area is 113 Å². The van der Waals surface area contributed by atoms with Crippen LogP contribution >= 0.6 is 0 Å². The molecule has 0 bridgehead atoms. The molecular weight excluding hydrogens is 263 g/mol. The molecule has 1 heterocycles. The molecule has 1 aromatic heterocycles. The summed E-state index contributed by atoms with van der Waals surface area (Å²) in [5, 5.41) is 9.24. The van der Waals surface area contributed by atoms with Gasteiger partial charge in [-0.05, 0) is 25.8 Å². The zero-order valence-electron chi connectivity index (χ0n) is 10.8. The number of benzene rings is 1. The van der Waals surface area contributed by atoms with Crippen LogP contribution in [0.15, 0.2) is 17.1 Å². The number of carbonyl (C=O) groups is 1. The van der Waals surface area contributed by atoms with Gasteiger partial charge in [0.1, 0.15) is 11.4 Å². The van der Waals surface area contributed by atoms with Gasteiger partial charge >= 0.3 is 5.97 Å². The Morgan fingerprint density at radius 1 is 1.50 bits per heavy atom. The minimum Gasteiger partial charge on any atom is -0.477 e. The Balaban J connectivity index is 2.52. The van der Waals surface area contributed by atoms with Gasteiger partial charge in [0.15, 0.2) is 0 Å². The summed E-state index contributed by atoms with van der Waals surface area (Å²) in [6, 6.07) is 1.56. The van der Waals surface area contributed by atoms with Crippen molar-refractivity contribution in [2.75, 3.05) is 5.73 Å². The number of nitrogen functional groups attached to an aromatic ring is 1. The second kappa shape index (κ2) is 4.06. The molecule has 1 fully saturated rings. The van der Waals surface area contributed by atoms with Gasteiger partial charge in [-0.2, -0.15) is 0 Å². The average molecular weight is 276 g/mol. The van der Waals surface area contributed by atoms with Crippen LogP contribution in [0.4, 0.5) is 10.1 Å². The Morgan fingerprint density at radius 3 is 2.70 bits per heavy atom. The fraction of sp³-hybridized carbons (Fsp3) is 0.286. The highest BCUT2D eigenvalue weighted by Gasteiger charge is 2.28. The van der Waals surface area contributed by atoms with Crippen LogP contribution in [0.25, 0.3) is 10.9 Å². The van der Waals surface area contributed by atoms with Crippen LogP contribution in [-0.2, 0) is 0 Å². The monoisotopic (exact) mass is 276 g/mol. The van der Waals surface area contributed by atoms with E-state index in [9.17, 15) is 14.0 Å². The van der Waals surface area contributed by atoms with Crippen LogP contribution in [0.1, 0.15) is 34.8 Å². The summed E-state index contributed by atoms with van der Waals surface area (Å²) in [4.78, 5) is 23.4. The molecule has 2 aromatic rings. The molecule has 1 saturated carbocycles. The number of anilines is 1. The van der Waals surface area contributed by atoms with E-state index >= 15 is 0 Å². The van der Waals surface area contributed by atoms with E-state index in [1.165, 1.54) is 19.2 Å². The van der Waals surface area contributed by atoms with Gasteiger partial charge < -0.3 is 15.4 Å². The summed E-state index contributed by atoms with van der Waals surface area (Å²) in [5.74, 6) is -1.97. The molecule has 20 heavy (non-hydrogen) atoms. The molecule has 0 spiro atoms. The van der Waals surface area contributed by atoms with Crippen LogP contribution < -0.4 is 11.2 Å². The highest BCUT2D eigenvalue weighted by molar-refractivity contribution is 5.94. The summed E-state index contributed by atoms with van der Waals surface area (Å²) in [5.41, 5.74) is 5.18. The first-order valence-electron chi connectivity index (χ1n) is 6.28. The minimum absolute atomic E-state index is 0.0353. The van der Waals surface area contributed by atoms with E-state index in [0.29, 0.717) is 5.52 Å². The van der Waals surface area contributed by atoms with E-state index in [4.69, 9.17) is 10.8 Å². The Morgan fingerprint density at radius 2 is 2.15 bits per heavy atom. The molecule has 104 valence electrons. The van der Waals surface area contributed by atoms with Gasteiger partial charge in [-0.15, -0.1) is 0 Å². The van der Waals surface area contributed by atoms with E-state index in [-0.39, 0.29) is 28.2 Å². The van der Waals surface area contributed by atoms with Gasteiger partial charge in [0.25, 0.3) is 0 Å². The fourth-order valence-corrected chi connectivity index (χ4v) is 2.50. The second-order valence-corrected chi connectivity index (χ2v) is 5.11. The lowest BCUT2D eigenvalue weighted by molar-refractivity contribution is 0.0695. The quantitative estimate of drug-likeness (QED) is 0.822. The molecule has 0 atom stereocenters. The van der Waals surface area contributed by atoms with Crippen molar-refractivity contribution in [2.24, 2.45) is 0 Å². The number of aromatic carboxylic acids is 1. The third-order valence-electron chi connectivity index (χ3n) is 3.69. The Kier molecular flexibility index (Phi) is 2.57. The SMILES string of the molecule is Cc1c(F)c(N)cc2c1c(=O)c(C(=O)O)cn2C1CC1. The first-order valence-corrected chi connectivity index (χ1v) is 6.28. The van der Waals surface area contributed by atoms with Gasteiger partial charge in [-0.25, -0.2) is 9.18 Å². The number of carboxylic acid groups (broad SMARTS) is 1. The number of nitrogens with two attached hydrogens (primary N) is 1.